The molecule has 0 bridgehead atoms. The fourth-order valence-corrected chi connectivity index (χ4v) is 1.71. The number of anilines is 1. The summed E-state index contributed by atoms with van der Waals surface area (Å²) >= 11 is 0. The van der Waals surface area contributed by atoms with Crippen molar-refractivity contribution in [3.63, 3.8) is 0 Å². The minimum atomic E-state index is -4.56. The van der Waals surface area contributed by atoms with Gasteiger partial charge in [0.2, 0.25) is 5.91 Å². The lowest BCUT2D eigenvalue weighted by Gasteiger charge is -2.23. The summed E-state index contributed by atoms with van der Waals surface area (Å²) in [4.78, 5) is 23.5. The monoisotopic (exact) mass is 304 g/mol. The van der Waals surface area contributed by atoms with Crippen LogP contribution < -0.4 is 5.32 Å². The van der Waals surface area contributed by atoms with E-state index in [1.807, 2.05) is 0 Å². The highest BCUT2D eigenvalue weighted by Crippen LogP contribution is 2.19. The molecule has 1 aromatic carbocycles. The van der Waals surface area contributed by atoms with Crippen LogP contribution >= 0.6 is 0 Å². The third kappa shape index (κ3) is 5.82. The number of halogens is 3. The summed E-state index contributed by atoms with van der Waals surface area (Å²) in [6, 6.07) is 5.58. The predicted octanol–water partition coefficient (Wildman–Crippen LogP) is 1.64. The van der Waals surface area contributed by atoms with Gasteiger partial charge in [-0.25, -0.2) is 0 Å². The summed E-state index contributed by atoms with van der Waals surface area (Å²) in [6.45, 7) is -1.18. The van der Waals surface area contributed by atoms with Crippen LogP contribution in [0.2, 0.25) is 0 Å². The van der Waals surface area contributed by atoms with E-state index in [0.29, 0.717) is 10.6 Å². The topological polar surface area (TPSA) is 69.6 Å². The molecule has 0 unspecified atom stereocenters. The van der Waals surface area contributed by atoms with Gasteiger partial charge in [0.25, 0.3) is 5.91 Å². The summed E-state index contributed by atoms with van der Waals surface area (Å²) in [7, 11) is 0. The Morgan fingerprint density at radius 2 is 2.00 bits per heavy atom. The van der Waals surface area contributed by atoms with E-state index in [2.05, 4.69) is 5.32 Å². The van der Waals surface area contributed by atoms with Crippen LogP contribution in [0.4, 0.5) is 18.9 Å². The fraction of sp³-hybridized carbons (Fsp3) is 0.385. The minimum absolute atomic E-state index is 0.000972. The van der Waals surface area contributed by atoms with E-state index in [0.717, 1.165) is 0 Å². The second-order valence-electron chi connectivity index (χ2n) is 4.33. The predicted molar refractivity (Wildman–Crippen MR) is 69.8 cm³/mol. The Morgan fingerprint density at radius 3 is 2.52 bits per heavy atom. The SMILES string of the molecule is CC(=O)Nc1cccc(C(=O)N(CCO)CC(F)(F)F)c1. The van der Waals surface area contributed by atoms with Crippen molar-refractivity contribution in [3.05, 3.63) is 29.8 Å². The fourth-order valence-electron chi connectivity index (χ4n) is 1.71. The zero-order valence-electron chi connectivity index (χ0n) is 11.3. The molecule has 0 saturated heterocycles. The molecule has 1 aromatic rings. The molecule has 116 valence electrons. The van der Waals surface area contributed by atoms with Gasteiger partial charge in [-0.2, -0.15) is 13.2 Å². The Hall–Kier alpha value is -2.09. The number of carbonyl (C=O) groups is 2. The number of nitrogens with one attached hydrogen (secondary N) is 1. The zero-order valence-corrected chi connectivity index (χ0v) is 11.3. The first-order chi connectivity index (χ1) is 9.73. The quantitative estimate of drug-likeness (QED) is 0.869. The Labute approximate surface area is 119 Å². The smallest absolute Gasteiger partial charge is 0.395 e. The van der Waals surface area contributed by atoms with Crippen LogP contribution in [0.15, 0.2) is 24.3 Å². The van der Waals surface area contributed by atoms with E-state index < -0.39 is 31.8 Å². The van der Waals surface area contributed by atoms with Crippen molar-refractivity contribution in [2.24, 2.45) is 0 Å². The molecule has 0 radical (unpaired) electrons. The zero-order chi connectivity index (χ0) is 16.0. The summed E-state index contributed by atoms with van der Waals surface area (Å²) in [6.07, 6.45) is -4.56. The van der Waals surface area contributed by atoms with Crippen LogP contribution in [-0.2, 0) is 4.79 Å². The average molecular weight is 304 g/mol. The second kappa shape index (κ2) is 7.07. The average Bonchev–Trinajstić information content (AvgIpc) is 2.35. The van der Waals surface area contributed by atoms with Gasteiger partial charge in [0.05, 0.1) is 6.61 Å². The first kappa shape index (κ1) is 17.0. The molecule has 0 aliphatic heterocycles. The molecule has 0 saturated carbocycles. The number of aliphatic hydroxyl groups excluding tert-OH is 1. The lowest BCUT2D eigenvalue weighted by molar-refractivity contribution is -0.141. The summed E-state index contributed by atoms with van der Waals surface area (Å²) in [5.74, 6) is -1.23. The Bertz CT molecular complexity index is 518. The maximum Gasteiger partial charge on any atom is 0.406 e. The number of carbonyl (C=O) groups excluding carboxylic acids is 2. The molecule has 0 aliphatic carbocycles. The standard InChI is InChI=1S/C13H15F3N2O3/c1-9(20)17-11-4-2-3-10(7-11)12(21)18(5-6-19)8-13(14,15)16/h2-4,7,19H,5-6,8H2,1H3,(H,17,20). The van der Waals surface area contributed by atoms with E-state index >= 15 is 0 Å². The number of benzene rings is 1. The first-order valence-corrected chi connectivity index (χ1v) is 6.07. The highest BCUT2D eigenvalue weighted by Gasteiger charge is 2.33. The van der Waals surface area contributed by atoms with Gasteiger partial charge < -0.3 is 15.3 Å². The van der Waals surface area contributed by atoms with Crippen molar-refractivity contribution in [2.45, 2.75) is 13.1 Å². The van der Waals surface area contributed by atoms with E-state index in [1.54, 1.807) is 0 Å². The van der Waals surface area contributed by atoms with Crippen LogP contribution in [0.5, 0.6) is 0 Å². The highest BCUT2D eigenvalue weighted by molar-refractivity contribution is 5.96. The van der Waals surface area contributed by atoms with E-state index in [9.17, 15) is 22.8 Å². The van der Waals surface area contributed by atoms with Crippen molar-refractivity contribution >= 4 is 17.5 Å². The number of alkyl halides is 3. The van der Waals surface area contributed by atoms with Crippen LogP contribution in [0.1, 0.15) is 17.3 Å². The van der Waals surface area contributed by atoms with Crippen molar-refractivity contribution in [1.82, 2.24) is 4.90 Å². The molecule has 21 heavy (non-hydrogen) atoms. The second-order valence-corrected chi connectivity index (χ2v) is 4.33. The molecule has 0 heterocycles. The number of nitrogens with zero attached hydrogens (tertiary/aromatic N) is 1. The van der Waals surface area contributed by atoms with E-state index in [4.69, 9.17) is 5.11 Å². The Morgan fingerprint density at radius 1 is 1.33 bits per heavy atom. The maximum absolute atomic E-state index is 12.4. The highest BCUT2D eigenvalue weighted by atomic mass is 19.4. The molecule has 1 rings (SSSR count). The third-order valence-electron chi connectivity index (χ3n) is 2.46. The molecule has 0 fully saturated rings. The van der Waals surface area contributed by atoms with Gasteiger partial charge in [-0.15, -0.1) is 0 Å². The van der Waals surface area contributed by atoms with Crippen LogP contribution in [0.3, 0.4) is 0 Å². The Kier molecular flexibility index (Phi) is 5.71. The van der Waals surface area contributed by atoms with Gasteiger partial charge >= 0.3 is 6.18 Å². The number of amides is 2. The normalized spacial score (nSPS) is 11.1. The molecule has 0 aromatic heterocycles. The number of hydrogen-bond donors (Lipinski definition) is 2. The van der Waals surface area contributed by atoms with Crippen molar-refractivity contribution in [1.29, 1.82) is 0 Å². The number of hydrogen-bond acceptors (Lipinski definition) is 3. The van der Waals surface area contributed by atoms with Crippen LogP contribution in [0.25, 0.3) is 0 Å². The van der Waals surface area contributed by atoms with Gasteiger partial charge in [0.1, 0.15) is 6.54 Å². The largest absolute Gasteiger partial charge is 0.406 e. The molecule has 2 amide bonds. The summed E-state index contributed by atoms with van der Waals surface area (Å²) in [5, 5.41) is 11.2. The van der Waals surface area contributed by atoms with Gasteiger partial charge in [0, 0.05) is 24.7 Å². The summed E-state index contributed by atoms with van der Waals surface area (Å²) < 4.78 is 37.3. The van der Waals surface area contributed by atoms with E-state index in [1.165, 1.54) is 31.2 Å². The lowest BCUT2D eigenvalue weighted by atomic mass is 10.1. The van der Waals surface area contributed by atoms with Gasteiger partial charge in [0.15, 0.2) is 0 Å². The molecule has 8 heteroatoms. The molecule has 2 N–H and O–H groups in total. The van der Waals surface area contributed by atoms with Gasteiger partial charge in [-0.05, 0) is 18.2 Å². The summed E-state index contributed by atoms with van der Waals surface area (Å²) in [5.41, 5.74) is 0.309. The lowest BCUT2D eigenvalue weighted by Crippen LogP contribution is -2.40. The molecule has 0 spiro atoms. The molecule has 5 nitrogen and oxygen atoms in total. The van der Waals surface area contributed by atoms with Crippen LogP contribution in [0, 0.1) is 0 Å². The number of aliphatic hydroxyl groups is 1. The van der Waals surface area contributed by atoms with E-state index in [-0.39, 0.29) is 11.5 Å². The van der Waals surface area contributed by atoms with Gasteiger partial charge in [-0.1, -0.05) is 6.07 Å². The molecule has 0 atom stereocenters. The molecular weight excluding hydrogens is 289 g/mol. The molecular formula is C13H15F3N2O3. The Balaban J connectivity index is 2.95. The first-order valence-electron chi connectivity index (χ1n) is 6.07. The third-order valence-corrected chi connectivity index (χ3v) is 2.46. The van der Waals surface area contributed by atoms with Crippen molar-refractivity contribution < 1.29 is 27.9 Å². The molecule has 0 aliphatic rings. The van der Waals surface area contributed by atoms with Crippen molar-refractivity contribution in [3.8, 4) is 0 Å². The number of rotatable bonds is 5. The maximum atomic E-state index is 12.4. The minimum Gasteiger partial charge on any atom is -0.395 e. The van der Waals surface area contributed by atoms with Crippen LogP contribution in [-0.4, -0.2) is 47.7 Å². The van der Waals surface area contributed by atoms with Gasteiger partial charge in [-0.3, -0.25) is 9.59 Å². The van der Waals surface area contributed by atoms with Crippen molar-refractivity contribution in [2.75, 3.05) is 25.0 Å².